The lowest BCUT2D eigenvalue weighted by Crippen LogP contribution is -2.22. The Kier molecular flexibility index (Phi) is 3.89. The molecule has 0 saturated carbocycles. The Hall–Kier alpha value is -3.02. The molecule has 0 radical (unpaired) electrons. The normalized spacial score (nSPS) is 10.7. The van der Waals surface area contributed by atoms with Gasteiger partial charge >= 0.3 is 0 Å². The third-order valence-electron chi connectivity index (χ3n) is 3.60. The van der Waals surface area contributed by atoms with Gasteiger partial charge in [-0.1, -0.05) is 25.1 Å². The van der Waals surface area contributed by atoms with Crippen LogP contribution in [0.2, 0.25) is 0 Å². The van der Waals surface area contributed by atoms with Crippen LogP contribution in [0.15, 0.2) is 47.4 Å². The molecule has 3 aromatic rings. The van der Waals surface area contributed by atoms with Gasteiger partial charge in [0.15, 0.2) is 6.29 Å². The van der Waals surface area contributed by atoms with Crippen molar-refractivity contribution < 1.29 is 9.18 Å². The maximum absolute atomic E-state index is 13.8. The zero-order valence-electron chi connectivity index (χ0n) is 12.4. The minimum atomic E-state index is -0.491. The largest absolute Gasteiger partial charge is 0.337 e. The summed E-state index contributed by atoms with van der Waals surface area (Å²) in [4.78, 5) is 28.2. The van der Waals surface area contributed by atoms with Crippen molar-refractivity contribution in [2.45, 2.75) is 13.3 Å². The SMILES string of the molecule is CCc1cccn2c(=O)c(C=O)c(Nc3ccccc3F)nc12. The van der Waals surface area contributed by atoms with Crippen molar-refractivity contribution >= 4 is 23.4 Å². The van der Waals surface area contributed by atoms with E-state index in [-0.39, 0.29) is 17.1 Å². The van der Waals surface area contributed by atoms with Gasteiger partial charge in [-0.05, 0) is 30.2 Å². The second kappa shape index (κ2) is 6.00. The van der Waals surface area contributed by atoms with Gasteiger partial charge in [-0.2, -0.15) is 0 Å². The second-order valence-electron chi connectivity index (χ2n) is 4.98. The van der Waals surface area contributed by atoms with E-state index in [0.29, 0.717) is 18.4 Å². The first kappa shape index (κ1) is 14.9. The van der Waals surface area contributed by atoms with E-state index >= 15 is 0 Å². The van der Waals surface area contributed by atoms with Gasteiger partial charge in [-0.25, -0.2) is 9.37 Å². The summed E-state index contributed by atoms with van der Waals surface area (Å²) in [5.74, 6) is -0.439. The molecule has 1 N–H and O–H groups in total. The zero-order valence-corrected chi connectivity index (χ0v) is 12.4. The van der Waals surface area contributed by atoms with Crippen molar-refractivity contribution in [2.24, 2.45) is 0 Å². The topological polar surface area (TPSA) is 63.5 Å². The lowest BCUT2D eigenvalue weighted by atomic mass is 10.2. The molecule has 0 saturated heterocycles. The molecule has 3 rings (SSSR count). The van der Waals surface area contributed by atoms with Crippen molar-refractivity contribution in [3.63, 3.8) is 0 Å². The molecular formula is C17H14FN3O2. The molecule has 0 fully saturated rings. The number of carbonyl (C=O) groups excluding carboxylic acids is 1. The van der Waals surface area contributed by atoms with Gasteiger partial charge in [-0.3, -0.25) is 14.0 Å². The third kappa shape index (κ3) is 2.59. The Balaban J connectivity index is 2.25. The summed E-state index contributed by atoms with van der Waals surface area (Å²) in [5, 5.41) is 2.75. The predicted molar refractivity (Wildman–Crippen MR) is 85.9 cm³/mol. The van der Waals surface area contributed by atoms with E-state index in [0.717, 1.165) is 5.56 Å². The highest BCUT2D eigenvalue weighted by Gasteiger charge is 2.15. The molecule has 0 aliphatic carbocycles. The molecule has 0 unspecified atom stereocenters. The molecule has 0 aliphatic heterocycles. The average molecular weight is 311 g/mol. The Bertz CT molecular complexity index is 950. The van der Waals surface area contributed by atoms with Crippen molar-refractivity contribution in [1.29, 1.82) is 0 Å². The number of carbonyl (C=O) groups is 1. The number of nitrogens with one attached hydrogen (secondary N) is 1. The number of benzene rings is 1. The Labute approximate surface area is 131 Å². The molecule has 0 aliphatic rings. The smallest absolute Gasteiger partial charge is 0.270 e. The first-order valence-corrected chi connectivity index (χ1v) is 7.16. The number of hydrogen-bond donors (Lipinski definition) is 1. The summed E-state index contributed by atoms with van der Waals surface area (Å²) >= 11 is 0. The average Bonchev–Trinajstić information content (AvgIpc) is 2.57. The number of fused-ring (bicyclic) bond motifs is 1. The van der Waals surface area contributed by atoms with Gasteiger partial charge in [0.1, 0.15) is 22.8 Å². The summed E-state index contributed by atoms with van der Waals surface area (Å²) in [5.41, 5.74) is 0.835. The standard InChI is InChI=1S/C17H14FN3O2/c1-2-11-6-5-9-21-16(11)20-15(12(10-22)17(21)23)19-14-8-4-3-7-13(14)18/h3-10,19H,2H2,1H3. The van der Waals surface area contributed by atoms with Crippen LogP contribution in [-0.4, -0.2) is 15.7 Å². The van der Waals surface area contributed by atoms with Crippen molar-refractivity contribution in [1.82, 2.24) is 9.38 Å². The van der Waals surface area contributed by atoms with Crippen LogP contribution in [0, 0.1) is 5.82 Å². The fourth-order valence-corrected chi connectivity index (χ4v) is 2.40. The summed E-state index contributed by atoms with van der Waals surface area (Å²) in [7, 11) is 0. The maximum atomic E-state index is 13.8. The molecule has 0 atom stereocenters. The number of aldehydes is 1. The van der Waals surface area contributed by atoms with Gasteiger partial charge in [-0.15, -0.1) is 0 Å². The number of pyridine rings is 1. The molecule has 2 heterocycles. The van der Waals surface area contributed by atoms with Crippen LogP contribution >= 0.6 is 0 Å². The molecule has 2 aromatic heterocycles. The van der Waals surface area contributed by atoms with E-state index < -0.39 is 11.4 Å². The number of para-hydroxylation sites is 1. The lowest BCUT2D eigenvalue weighted by molar-refractivity contribution is 0.112. The molecule has 0 amide bonds. The van der Waals surface area contributed by atoms with Crippen molar-refractivity contribution in [2.75, 3.05) is 5.32 Å². The minimum Gasteiger partial charge on any atom is -0.337 e. The Morgan fingerprint density at radius 2 is 2.04 bits per heavy atom. The first-order valence-electron chi connectivity index (χ1n) is 7.16. The molecule has 5 nitrogen and oxygen atoms in total. The summed E-state index contributed by atoms with van der Waals surface area (Å²) in [6.07, 6.45) is 2.67. The summed E-state index contributed by atoms with van der Waals surface area (Å²) < 4.78 is 15.1. The van der Waals surface area contributed by atoms with Crippen LogP contribution in [0.3, 0.4) is 0 Å². The van der Waals surface area contributed by atoms with E-state index in [2.05, 4.69) is 10.3 Å². The fraction of sp³-hybridized carbons (Fsp3) is 0.118. The molecule has 6 heteroatoms. The molecule has 0 bridgehead atoms. The van der Waals surface area contributed by atoms with E-state index in [1.165, 1.54) is 16.5 Å². The minimum absolute atomic E-state index is 0.0519. The van der Waals surface area contributed by atoms with E-state index in [4.69, 9.17) is 0 Å². The number of nitrogens with zero attached hydrogens (tertiary/aromatic N) is 2. The van der Waals surface area contributed by atoms with Crippen LogP contribution in [0.25, 0.3) is 5.65 Å². The van der Waals surface area contributed by atoms with Crippen LogP contribution in [0.1, 0.15) is 22.8 Å². The zero-order chi connectivity index (χ0) is 16.4. The fourth-order valence-electron chi connectivity index (χ4n) is 2.40. The molecule has 1 aromatic carbocycles. The predicted octanol–water partition coefficient (Wildman–Crippen LogP) is 2.95. The Morgan fingerprint density at radius 1 is 1.26 bits per heavy atom. The highest BCUT2D eigenvalue weighted by atomic mass is 19.1. The number of rotatable bonds is 4. The van der Waals surface area contributed by atoms with Gasteiger partial charge in [0.2, 0.25) is 0 Å². The van der Waals surface area contributed by atoms with Crippen LogP contribution < -0.4 is 10.9 Å². The highest BCUT2D eigenvalue weighted by molar-refractivity contribution is 5.84. The quantitative estimate of drug-likeness (QED) is 0.752. The molecule has 23 heavy (non-hydrogen) atoms. The number of aryl methyl sites for hydroxylation is 1. The lowest BCUT2D eigenvalue weighted by Gasteiger charge is -2.12. The van der Waals surface area contributed by atoms with Gasteiger partial charge in [0.05, 0.1) is 5.69 Å². The van der Waals surface area contributed by atoms with Gasteiger partial charge < -0.3 is 5.32 Å². The monoisotopic (exact) mass is 311 g/mol. The van der Waals surface area contributed by atoms with Crippen molar-refractivity contribution in [3.8, 4) is 0 Å². The number of anilines is 2. The third-order valence-corrected chi connectivity index (χ3v) is 3.60. The molecular weight excluding hydrogens is 297 g/mol. The number of hydrogen-bond acceptors (Lipinski definition) is 4. The Morgan fingerprint density at radius 3 is 2.74 bits per heavy atom. The number of aromatic nitrogens is 2. The van der Waals surface area contributed by atoms with E-state index in [1.54, 1.807) is 24.4 Å². The molecule has 116 valence electrons. The maximum Gasteiger partial charge on any atom is 0.270 e. The van der Waals surface area contributed by atoms with Crippen LogP contribution in [0.5, 0.6) is 0 Å². The van der Waals surface area contributed by atoms with Crippen LogP contribution in [0.4, 0.5) is 15.9 Å². The van der Waals surface area contributed by atoms with Gasteiger partial charge in [0.25, 0.3) is 5.56 Å². The van der Waals surface area contributed by atoms with E-state index in [9.17, 15) is 14.0 Å². The van der Waals surface area contributed by atoms with E-state index in [1.807, 2.05) is 13.0 Å². The van der Waals surface area contributed by atoms with Crippen LogP contribution in [-0.2, 0) is 6.42 Å². The first-order chi connectivity index (χ1) is 11.2. The summed E-state index contributed by atoms with van der Waals surface area (Å²) in [6.45, 7) is 1.94. The van der Waals surface area contributed by atoms with Gasteiger partial charge in [0, 0.05) is 6.20 Å². The highest BCUT2D eigenvalue weighted by Crippen LogP contribution is 2.20. The second-order valence-corrected chi connectivity index (χ2v) is 4.98. The number of halogens is 1. The summed E-state index contributed by atoms with van der Waals surface area (Å²) in [6, 6.07) is 9.59. The van der Waals surface area contributed by atoms with Crippen molar-refractivity contribution in [3.05, 3.63) is 69.9 Å². The molecule has 0 spiro atoms.